The molecule has 0 saturated carbocycles. The molecule has 34 heavy (non-hydrogen) atoms. The van der Waals surface area contributed by atoms with Crippen LogP contribution in [0, 0.1) is 18.3 Å². The Morgan fingerprint density at radius 1 is 1.12 bits per heavy atom. The van der Waals surface area contributed by atoms with Crippen molar-refractivity contribution >= 4 is 5.91 Å². The molecule has 1 aromatic heterocycles. The molecule has 1 amide bonds. The molecule has 1 heterocycles. The number of ether oxygens (including phenoxy) is 1. The van der Waals surface area contributed by atoms with Crippen molar-refractivity contribution in [3.8, 4) is 11.8 Å². The Morgan fingerprint density at radius 3 is 2.32 bits per heavy atom. The van der Waals surface area contributed by atoms with E-state index in [1.165, 1.54) is 5.56 Å². The number of nitriles is 1. The highest BCUT2D eigenvalue weighted by Gasteiger charge is 2.19. The standard InChI is InChI=1S/C28H31N3O3/c1-19-26(34-18-21-8-6-20(14-29)7-9-21)25(17-32)23(15-30-19)16-31(5)27(33)22-10-12-24(13-11-22)28(2,3)4/h6-13,15,32H,16-18H2,1-5H3. The maximum absolute atomic E-state index is 13.0. The second-order valence-corrected chi connectivity index (χ2v) is 9.42. The minimum absolute atomic E-state index is 0.0191. The topological polar surface area (TPSA) is 86.5 Å². The van der Waals surface area contributed by atoms with Gasteiger partial charge in [0.25, 0.3) is 5.91 Å². The largest absolute Gasteiger partial charge is 0.487 e. The average molecular weight is 458 g/mol. The van der Waals surface area contributed by atoms with Crippen molar-refractivity contribution in [2.45, 2.75) is 52.9 Å². The van der Waals surface area contributed by atoms with E-state index >= 15 is 0 Å². The van der Waals surface area contributed by atoms with E-state index in [1.54, 1.807) is 30.3 Å². The highest BCUT2D eigenvalue weighted by Crippen LogP contribution is 2.28. The SMILES string of the molecule is Cc1ncc(CN(C)C(=O)c2ccc(C(C)(C)C)cc2)c(CO)c1OCc1ccc(C#N)cc1. The van der Waals surface area contributed by atoms with Crippen molar-refractivity contribution in [3.05, 3.63) is 93.8 Å². The van der Waals surface area contributed by atoms with Gasteiger partial charge in [-0.1, -0.05) is 45.0 Å². The third kappa shape index (κ3) is 5.81. The van der Waals surface area contributed by atoms with E-state index in [-0.39, 0.29) is 31.1 Å². The van der Waals surface area contributed by atoms with Crippen LogP contribution in [0.4, 0.5) is 0 Å². The lowest BCUT2D eigenvalue weighted by molar-refractivity contribution is 0.0783. The number of aliphatic hydroxyl groups is 1. The van der Waals surface area contributed by atoms with Crippen molar-refractivity contribution in [1.82, 2.24) is 9.88 Å². The molecule has 0 unspecified atom stereocenters. The van der Waals surface area contributed by atoms with Crippen molar-refractivity contribution in [1.29, 1.82) is 5.26 Å². The van der Waals surface area contributed by atoms with Crippen LogP contribution >= 0.6 is 0 Å². The van der Waals surface area contributed by atoms with E-state index in [0.717, 1.165) is 11.1 Å². The summed E-state index contributed by atoms with van der Waals surface area (Å²) in [5, 5.41) is 19.1. The van der Waals surface area contributed by atoms with Crippen molar-refractivity contribution in [3.63, 3.8) is 0 Å². The quantitative estimate of drug-likeness (QED) is 0.545. The van der Waals surface area contributed by atoms with Gasteiger partial charge in [0.15, 0.2) is 0 Å². The molecule has 6 heteroatoms. The summed E-state index contributed by atoms with van der Waals surface area (Å²) >= 11 is 0. The number of hydrogen-bond donors (Lipinski definition) is 1. The average Bonchev–Trinajstić information content (AvgIpc) is 2.83. The normalized spacial score (nSPS) is 11.1. The van der Waals surface area contributed by atoms with Gasteiger partial charge >= 0.3 is 0 Å². The number of aryl methyl sites for hydroxylation is 1. The van der Waals surface area contributed by atoms with Crippen LogP contribution < -0.4 is 4.74 Å². The number of carbonyl (C=O) groups is 1. The molecule has 0 fully saturated rings. The summed E-state index contributed by atoms with van der Waals surface area (Å²) in [6.45, 7) is 8.57. The second-order valence-electron chi connectivity index (χ2n) is 9.42. The summed E-state index contributed by atoms with van der Waals surface area (Å²) in [6, 6.07) is 16.9. The molecular weight excluding hydrogens is 426 g/mol. The highest BCUT2D eigenvalue weighted by atomic mass is 16.5. The Kier molecular flexibility index (Phi) is 7.70. The molecule has 3 rings (SSSR count). The van der Waals surface area contributed by atoms with Crippen LogP contribution in [0.25, 0.3) is 0 Å². The molecule has 0 aliphatic heterocycles. The van der Waals surface area contributed by atoms with E-state index < -0.39 is 0 Å². The summed E-state index contributed by atoms with van der Waals surface area (Å²) in [6.07, 6.45) is 1.68. The first-order valence-electron chi connectivity index (χ1n) is 11.2. The molecule has 0 radical (unpaired) electrons. The van der Waals surface area contributed by atoms with Crippen molar-refractivity contribution in [2.24, 2.45) is 0 Å². The Balaban J connectivity index is 1.77. The van der Waals surface area contributed by atoms with Gasteiger partial charge in [0, 0.05) is 30.9 Å². The highest BCUT2D eigenvalue weighted by molar-refractivity contribution is 5.94. The molecule has 6 nitrogen and oxygen atoms in total. The zero-order valence-corrected chi connectivity index (χ0v) is 20.4. The van der Waals surface area contributed by atoms with Crippen LogP contribution in [0.2, 0.25) is 0 Å². The predicted octanol–water partition coefficient (Wildman–Crippen LogP) is 4.90. The number of pyridine rings is 1. The number of benzene rings is 2. The fraction of sp³-hybridized carbons (Fsp3) is 0.321. The van der Waals surface area contributed by atoms with E-state index in [9.17, 15) is 9.90 Å². The molecule has 0 spiro atoms. The Morgan fingerprint density at radius 2 is 1.76 bits per heavy atom. The summed E-state index contributed by atoms with van der Waals surface area (Å²) in [5.41, 5.74) is 5.28. The summed E-state index contributed by atoms with van der Waals surface area (Å²) in [7, 11) is 1.73. The van der Waals surface area contributed by atoms with Crippen LogP contribution in [0.1, 0.15) is 64.6 Å². The van der Waals surface area contributed by atoms with Crippen molar-refractivity contribution in [2.75, 3.05) is 7.05 Å². The second kappa shape index (κ2) is 10.5. The minimum Gasteiger partial charge on any atom is -0.487 e. The van der Waals surface area contributed by atoms with Crippen LogP contribution in [-0.2, 0) is 25.2 Å². The molecule has 0 aliphatic rings. The lowest BCUT2D eigenvalue weighted by Gasteiger charge is -2.22. The number of carbonyl (C=O) groups excluding carboxylic acids is 1. The molecule has 0 atom stereocenters. The Hall–Kier alpha value is -3.69. The van der Waals surface area contributed by atoms with Gasteiger partial charge in [-0.15, -0.1) is 0 Å². The van der Waals surface area contributed by atoms with Gasteiger partial charge in [0.2, 0.25) is 0 Å². The van der Waals surface area contributed by atoms with E-state index in [0.29, 0.717) is 28.1 Å². The minimum atomic E-state index is -0.232. The number of aliphatic hydroxyl groups excluding tert-OH is 1. The number of nitrogens with zero attached hydrogens (tertiary/aromatic N) is 3. The third-order valence-electron chi connectivity index (χ3n) is 5.78. The van der Waals surface area contributed by atoms with E-state index in [4.69, 9.17) is 10.00 Å². The van der Waals surface area contributed by atoms with E-state index in [1.807, 2.05) is 43.3 Å². The zero-order valence-electron chi connectivity index (χ0n) is 20.4. The lowest BCUT2D eigenvalue weighted by Crippen LogP contribution is -2.27. The zero-order chi connectivity index (χ0) is 24.9. The number of rotatable bonds is 7. The first-order valence-corrected chi connectivity index (χ1v) is 11.2. The van der Waals surface area contributed by atoms with Crippen LogP contribution in [0.15, 0.2) is 54.7 Å². The number of hydrogen-bond acceptors (Lipinski definition) is 5. The maximum Gasteiger partial charge on any atom is 0.253 e. The first kappa shape index (κ1) is 24.9. The number of amides is 1. The van der Waals surface area contributed by atoms with Crippen LogP contribution in [-0.4, -0.2) is 27.9 Å². The molecule has 3 aromatic rings. The fourth-order valence-electron chi connectivity index (χ4n) is 3.67. The predicted molar refractivity (Wildman–Crippen MR) is 131 cm³/mol. The van der Waals surface area contributed by atoms with Crippen LogP contribution in [0.5, 0.6) is 5.75 Å². The molecule has 1 N–H and O–H groups in total. The van der Waals surface area contributed by atoms with Gasteiger partial charge in [-0.25, -0.2) is 0 Å². The first-order chi connectivity index (χ1) is 16.1. The Labute approximate surface area is 201 Å². The monoisotopic (exact) mass is 457 g/mol. The van der Waals surface area contributed by atoms with Gasteiger partial charge in [0.1, 0.15) is 12.4 Å². The van der Waals surface area contributed by atoms with E-state index in [2.05, 4.69) is 31.8 Å². The van der Waals surface area contributed by atoms with Crippen LogP contribution in [0.3, 0.4) is 0 Å². The summed E-state index contributed by atoms with van der Waals surface area (Å²) < 4.78 is 6.02. The molecule has 2 aromatic carbocycles. The van der Waals surface area contributed by atoms with Gasteiger partial charge in [-0.3, -0.25) is 9.78 Å². The number of aromatic nitrogens is 1. The molecule has 0 aliphatic carbocycles. The summed E-state index contributed by atoms with van der Waals surface area (Å²) in [5.74, 6) is 0.407. The van der Waals surface area contributed by atoms with Gasteiger partial charge in [0.05, 0.1) is 23.9 Å². The van der Waals surface area contributed by atoms with Gasteiger partial charge in [-0.2, -0.15) is 5.26 Å². The van der Waals surface area contributed by atoms with Crippen molar-refractivity contribution < 1.29 is 14.6 Å². The maximum atomic E-state index is 13.0. The molecular formula is C28H31N3O3. The molecule has 0 saturated heterocycles. The van der Waals surface area contributed by atoms with Gasteiger partial charge in [-0.05, 0) is 53.3 Å². The Bertz CT molecular complexity index is 1190. The molecule has 176 valence electrons. The molecule has 0 bridgehead atoms. The van der Waals surface area contributed by atoms with Gasteiger partial charge < -0.3 is 14.7 Å². The fourth-order valence-corrected chi connectivity index (χ4v) is 3.67. The summed E-state index contributed by atoms with van der Waals surface area (Å²) in [4.78, 5) is 19.1. The smallest absolute Gasteiger partial charge is 0.253 e. The lowest BCUT2D eigenvalue weighted by atomic mass is 9.86. The third-order valence-corrected chi connectivity index (χ3v) is 5.78.